The van der Waals surface area contributed by atoms with E-state index in [9.17, 15) is 9.59 Å². The Morgan fingerprint density at radius 1 is 1.25 bits per heavy atom. The number of ketones is 1. The van der Waals surface area contributed by atoms with Gasteiger partial charge in [0.2, 0.25) is 12.4 Å². The van der Waals surface area contributed by atoms with Crippen LogP contribution < -0.4 is 10.2 Å². The number of amides is 1. The molecular formula is C16H18N6O2. The summed E-state index contributed by atoms with van der Waals surface area (Å²) in [4.78, 5) is 30.5. The molecule has 8 nitrogen and oxygen atoms in total. The smallest absolute Gasteiger partial charge is 0.249 e. The molecule has 0 aliphatic carbocycles. The molecule has 8 heteroatoms. The topological polar surface area (TPSA) is 91.3 Å². The van der Waals surface area contributed by atoms with Crippen LogP contribution in [0.1, 0.15) is 17.3 Å². The summed E-state index contributed by atoms with van der Waals surface area (Å²) in [6.45, 7) is 4.26. The molecular weight excluding hydrogens is 308 g/mol. The van der Waals surface area contributed by atoms with E-state index in [1.807, 2.05) is 6.07 Å². The highest BCUT2D eigenvalue weighted by Crippen LogP contribution is 2.18. The average molecular weight is 326 g/mol. The first-order valence-electron chi connectivity index (χ1n) is 7.68. The van der Waals surface area contributed by atoms with E-state index in [0.717, 1.165) is 12.1 Å². The first kappa shape index (κ1) is 15.9. The minimum absolute atomic E-state index is 0.000470. The number of hydrogen-bond acceptors (Lipinski definition) is 7. The van der Waals surface area contributed by atoms with Crippen LogP contribution in [0.3, 0.4) is 0 Å². The Morgan fingerprint density at radius 3 is 2.75 bits per heavy atom. The van der Waals surface area contributed by atoms with Crippen LogP contribution in [0.15, 0.2) is 30.5 Å². The van der Waals surface area contributed by atoms with Gasteiger partial charge in [-0.2, -0.15) is 10.1 Å². The number of carbonyl (C=O) groups excluding carboxylic acids is 2. The summed E-state index contributed by atoms with van der Waals surface area (Å²) in [6.07, 6.45) is 2.47. The summed E-state index contributed by atoms with van der Waals surface area (Å²) >= 11 is 0. The normalized spacial score (nSPS) is 14.4. The summed E-state index contributed by atoms with van der Waals surface area (Å²) in [5, 5.41) is 11.0. The van der Waals surface area contributed by atoms with Crippen LogP contribution in [0.25, 0.3) is 0 Å². The molecule has 1 saturated heterocycles. The Balaban J connectivity index is 1.73. The summed E-state index contributed by atoms with van der Waals surface area (Å²) in [7, 11) is 0. The highest BCUT2D eigenvalue weighted by molar-refractivity contribution is 5.95. The molecule has 1 aromatic heterocycles. The molecule has 3 rings (SSSR count). The molecule has 1 fully saturated rings. The number of Topliss-reactive ketones (excluding diaryl/α,β-unsaturated/α-hetero) is 1. The molecule has 24 heavy (non-hydrogen) atoms. The van der Waals surface area contributed by atoms with Crippen LogP contribution in [-0.2, 0) is 4.79 Å². The van der Waals surface area contributed by atoms with Crippen LogP contribution in [-0.4, -0.2) is 58.5 Å². The summed E-state index contributed by atoms with van der Waals surface area (Å²) in [5.74, 6) is 1.08. The lowest BCUT2D eigenvalue weighted by atomic mass is 10.1. The van der Waals surface area contributed by atoms with E-state index in [4.69, 9.17) is 0 Å². The molecule has 2 aromatic rings. The van der Waals surface area contributed by atoms with Gasteiger partial charge in [-0.05, 0) is 19.1 Å². The average Bonchev–Trinajstić information content (AvgIpc) is 2.62. The van der Waals surface area contributed by atoms with E-state index in [1.165, 1.54) is 6.92 Å². The third kappa shape index (κ3) is 3.65. The van der Waals surface area contributed by atoms with Gasteiger partial charge >= 0.3 is 0 Å². The van der Waals surface area contributed by atoms with Crippen LogP contribution in [0.5, 0.6) is 0 Å². The van der Waals surface area contributed by atoms with Crippen molar-refractivity contribution in [3.8, 4) is 0 Å². The first-order chi connectivity index (χ1) is 11.7. The highest BCUT2D eigenvalue weighted by Gasteiger charge is 2.17. The quantitative estimate of drug-likeness (QED) is 0.649. The summed E-state index contributed by atoms with van der Waals surface area (Å²) < 4.78 is 0. The fourth-order valence-electron chi connectivity index (χ4n) is 2.50. The molecule has 124 valence electrons. The molecule has 0 atom stereocenters. The zero-order valence-corrected chi connectivity index (χ0v) is 13.3. The van der Waals surface area contributed by atoms with Gasteiger partial charge in [0.25, 0.3) is 0 Å². The fourth-order valence-corrected chi connectivity index (χ4v) is 2.50. The van der Waals surface area contributed by atoms with Gasteiger partial charge in [-0.3, -0.25) is 9.59 Å². The monoisotopic (exact) mass is 326 g/mol. The third-order valence-corrected chi connectivity index (χ3v) is 3.86. The number of anilines is 3. The van der Waals surface area contributed by atoms with Crippen LogP contribution >= 0.6 is 0 Å². The highest BCUT2D eigenvalue weighted by atomic mass is 16.1. The van der Waals surface area contributed by atoms with Crippen molar-refractivity contribution >= 4 is 29.6 Å². The Kier molecular flexibility index (Phi) is 4.64. The zero-order chi connectivity index (χ0) is 16.9. The number of nitrogens with zero attached hydrogens (tertiary/aromatic N) is 5. The molecule has 1 N–H and O–H groups in total. The van der Waals surface area contributed by atoms with Gasteiger partial charge in [-0.1, -0.05) is 12.1 Å². The van der Waals surface area contributed by atoms with Crippen molar-refractivity contribution in [3.63, 3.8) is 0 Å². The van der Waals surface area contributed by atoms with Crippen molar-refractivity contribution in [3.05, 3.63) is 36.0 Å². The van der Waals surface area contributed by atoms with Gasteiger partial charge in [-0.25, -0.2) is 0 Å². The second-order valence-electron chi connectivity index (χ2n) is 5.53. The molecule has 1 amide bonds. The number of piperazine rings is 1. The second-order valence-corrected chi connectivity index (χ2v) is 5.53. The maximum Gasteiger partial charge on any atom is 0.249 e. The first-order valence-corrected chi connectivity index (χ1v) is 7.68. The van der Waals surface area contributed by atoms with Gasteiger partial charge in [0.15, 0.2) is 11.6 Å². The lowest BCUT2D eigenvalue weighted by molar-refractivity contribution is -0.118. The van der Waals surface area contributed by atoms with E-state index in [-0.39, 0.29) is 5.78 Å². The van der Waals surface area contributed by atoms with Gasteiger partial charge in [0, 0.05) is 37.4 Å². The van der Waals surface area contributed by atoms with Gasteiger partial charge in [-0.15, -0.1) is 5.10 Å². The SMILES string of the molecule is CC(=O)c1cccc(Nc2nncc(N3CCN(C=O)CC3)n2)c1. The maximum atomic E-state index is 11.5. The summed E-state index contributed by atoms with van der Waals surface area (Å²) in [6, 6.07) is 7.15. The Labute approximate surface area is 139 Å². The number of carbonyl (C=O) groups is 2. The van der Waals surface area contributed by atoms with Gasteiger partial charge in [0.1, 0.15) is 0 Å². The predicted octanol–water partition coefficient (Wildman–Crippen LogP) is 1.10. The van der Waals surface area contributed by atoms with Gasteiger partial charge in [0.05, 0.1) is 6.20 Å². The van der Waals surface area contributed by atoms with Crippen LogP contribution in [0.2, 0.25) is 0 Å². The molecule has 0 saturated carbocycles. The molecule has 1 aliphatic rings. The number of benzene rings is 1. The van der Waals surface area contributed by atoms with Crippen molar-refractivity contribution < 1.29 is 9.59 Å². The minimum atomic E-state index is -0.000470. The Bertz CT molecular complexity index is 743. The number of hydrogen-bond donors (Lipinski definition) is 1. The minimum Gasteiger partial charge on any atom is -0.352 e. The number of nitrogens with one attached hydrogen (secondary N) is 1. The van der Waals surface area contributed by atoms with Crippen LogP contribution in [0.4, 0.5) is 17.5 Å². The number of rotatable bonds is 5. The van der Waals surface area contributed by atoms with Crippen molar-refractivity contribution in [2.24, 2.45) is 0 Å². The van der Waals surface area contributed by atoms with Crippen molar-refractivity contribution in [2.45, 2.75) is 6.92 Å². The van der Waals surface area contributed by atoms with E-state index in [1.54, 1.807) is 29.3 Å². The van der Waals surface area contributed by atoms with Crippen molar-refractivity contribution in [1.82, 2.24) is 20.1 Å². The van der Waals surface area contributed by atoms with E-state index < -0.39 is 0 Å². The molecule has 1 aromatic carbocycles. The lowest BCUT2D eigenvalue weighted by Gasteiger charge is -2.33. The lowest BCUT2D eigenvalue weighted by Crippen LogP contribution is -2.46. The van der Waals surface area contributed by atoms with E-state index >= 15 is 0 Å². The molecule has 0 bridgehead atoms. The third-order valence-electron chi connectivity index (χ3n) is 3.86. The number of aromatic nitrogens is 3. The van der Waals surface area contributed by atoms with Gasteiger partial charge < -0.3 is 15.1 Å². The summed E-state index contributed by atoms with van der Waals surface area (Å²) in [5.41, 5.74) is 1.35. The molecule has 1 aliphatic heterocycles. The molecule has 0 radical (unpaired) electrons. The van der Waals surface area contributed by atoms with E-state index in [0.29, 0.717) is 43.5 Å². The van der Waals surface area contributed by atoms with Crippen molar-refractivity contribution in [2.75, 3.05) is 36.4 Å². The molecule has 0 unspecified atom stereocenters. The maximum absolute atomic E-state index is 11.5. The fraction of sp³-hybridized carbons (Fsp3) is 0.312. The predicted molar refractivity (Wildman–Crippen MR) is 89.4 cm³/mol. The van der Waals surface area contributed by atoms with E-state index in [2.05, 4.69) is 25.4 Å². The molecule has 2 heterocycles. The zero-order valence-electron chi connectivity index (χ0n) is 13.3. The van der Waals surface area contributed by atoms with Crippen LogP contribution in [0, 0.1) is 0 Å². The molecule has 0 spiro atoms. The Hall–Kier alpha value is -3.03. The Morgan fingerprint density at radius 2 is 2.04 bits per heavy atom. The van der Waals surface area contributed by atoms with Crippen molar-refractivity contribution in [1.29, 1.82) is 0 Å². The largest absolute Gasteiger partial charge is 0.352 e. The second kappa shape index (κ2) is 7.03. The standard InChI is InChI=1S/C16H18N6O2/c1-12(24)13-3-2-4-14(9-13)18-16-19-15(10-17-20-16)22-7-5-21(11-23)6-8-22/h2-4,9-11H,5-8H2,1H3,(H,18,19,20).